The summed E-state index contributed by atoms with van der Waals surface area (Å²) in [6.45, 7) is 5.01. The number of hydrogen-bond acceptors (Lipinski definition) is 4. The van der Waals surface area contributed by atoms with Crippen molar-refractivity contribution in [2.24, 2.45) is 0 Å². The normalized spacial score (nSPS) is 14.1. The molecule has 0 bridgehead atoms. The van der Waals surface area contributed by atoms with Crippen molar-refractivity contribution in [3.63, 3.8) is 0 Å². The van der Waals surface area contributed by atoms with E-state index in [4.69, 9.17) is 9.84 Å². The predicted molar refractivity (Wildman–Crippen MR) is 76.9 cm³/mol. The van der Waals surface area contributed by atoms with Crippen LogP contribution in [0.15, 0.2) is 30.3 Å². The number of benzene rings is 1. The first-order chi connectivity index (χ1) is 9.69. The zero-order valence-corrected chi connectivity index (χ0v) is 12.4. The summed E-state index contributed by atoms with van der Waals surface area (Å²) >= 11 is 0. The molecule has 0 aromatic heterocycles. The molecule has 0 spiro atoms. The summed E-state index contributed by atoms with van der Waals surface area (Å²) in [7, 11) is 0. The van der Waals surface area contributed by atoms with Crippen molar-refractivity contribution in [3.05, 3.63) is 35.9 Å². The molecule has 0 saturated carbocycles. The Hall–Kier alpha value is -2.08. The van der Waals surface area contributed by atoms with Crippen molar-refractivity contribution >= 4 is 12.1 Å². The highest BCUT2D eigenvalue weighted by atomic mass is 16.6. The molecular formula is C15H21NO5. The number of aliphatic hydroxyl groups excluding tert-OH is 1. The number of ether oxygens (including phenoxy) is 1. The van der Waals surface area contributed by atoms with Crippen molar-refractivity contribution in [2.45, 2.75) is 44.9 Å². The third kappa shape index (κ3) is 6.27. The van der Waals surface area contributed by atoms with Gasteiger partial charge in [-0.25, -0.2) is 9.59 Å². The van der Waals surface area contributed by atoms with Crippen LogP contribution >= 0.6 is 0 Å². The largest absolute Gasteiger partial charge is 0.480 e. The van der Waals surface area contributed by atoms with Gasteiger partial charge in [0, 0.05) is 6.42 Å². The molecule has 1 rings (SSSR count). The second kappa shape index (κ2) is 7.08. The van der Waals surface area contributed by atoms with Crippen LogP contribution < -0.4 is 5.32 Å². The van der Waals surface area contributed by atoms with E-state index in [9.17, 15) is 14.7 Å². The maximum atomic E-state index is 11.6. The van der Waals surface area contributed by atoms with Crippen LogP contribution in [0.4, 0.5) is 4.79 Å². The molecule has 0 aliphatic rings. The van der Waals surface area contributed by atoms with Gasteiger partial charge in [-0.05, 0) is 26.3 Å². The molecule has 0 radical (unpaired) electrons. The Morgan fingerprint density at radius 3 is 2.29 bits per heavy atom. The lowest BCUT2D eigenvalue weighted by molar-refractivity contribution is -0.142. The van der Waals surface area contributed by atoms with Crippen molar-refractivity contribution in [1.29, 1.82) is 0 Å². The van der Waals surface area contributed by atoms with E-state index in [1.54, 1.807) is 45.0 Å². The SMILES string of the molecule is CC(C)(C)OC(=O)N[C@@H](C(=O)O)[C@@H](O)Cc1ccccc1. The predicted octanol–water partition coefficient (Wildman–Crippen LogP) is 1.57. The van der Waals surface area contributed by atoms with E-state index < -0.39 is 29.8 Å². The fraction of sp³-hybridized carbons (Fsp3) is 0.467. The first-order valence-corrected chi connectivity index (χ1v) is 6.63. The molecule has 0 aliphatic heterocycles. The second-order valence-electron chi connectivity index (χ2n) is 5.72. The average molecular weight is 295 g/mol. The molecule has 2 atom stereocenters. The van der Waals surface area contributed by atoms with E-state index in [-0.39, 0.29) is 6.42 Å². The van der Waals surface area contributed by atoms with Gasteiger partial charge in [0.25, 0.3) is 0 Å². The monoisotopic (exact) mass is 295 g/mol. The van der Waals surface area contributed by atoms with Gasteiger partial charge in [0.1, 0.15) is 5.60 Å². The highest BCUT2D eigenvalue weighted by molar-refractivity contribution is 5.80. The smallest absolute Gasteiger partial charge is 0.408 e. The van der Waals surface area contributed by atoms with Crippen LogP contribution in [0.2, 0.25) is 0 Å². The standard InChI is InChI=1S/C15H21NO5/c1-15(2,3)21-14(20)16-12(13(18)19)11(17)9-10-7-5-4-6-8-10/h4-8,11-12,17H,9H2,1-3H3,(H,16,20)(H,18,19)/t11-,12+/m0/s1. The number of rotatable bonds is 5. The molecule has 21 heavy (non-hydrogen) atoms. The Balaban J connectivity index is 2.68. The van der Waals surface area contributed by atoms with Crippen molar-refractivity contribution < 1.29 is 24.5 Å². The quantitative estimate of drug-likeness (QED) is 0.766. The molecule has 0 unspecified atom stereocenters. The van der Waals surface area contributed by atoms with E-state index in [0.717, 1.165) is 5.56 Å². The Morgan fingerprint density at radius 2 is 1.81 bits per heavy atom. The van der Waals surface area contributed by atoms with Gasteiger partial charge in [-0.1, -0.05) is 30.3 Å². The van der Waals surface area contributed by atoms with Gasteiger partial charge in [-0.2, -0.15) is 0 Å². The number of carboxylic acid groups (broad SMARTS) is 1. The lowest BCUT2D eigenvalue weighted by Gasteiger charge is -2.24. The van der Waals surface area contributed by atoms with Gasteiger partial charge >= 0.3 is 12.1 Å². The number of nitrogens with one attached hydrogen (secondary N) is 1. The van der Waals surface area contributed by atoms with Gasteiger partial charge in [0.15, 0.2) is 6.04 Å². The van der Waals surface area contributed by atoms with Gasteiger partial charge in [-0.3, -0.25) is 0 Å². The second-order valence-corrected chi connectivity index (χ2v) is 5.72. The first kappa shape index (κ1) is 17.0. The van der Waals surface area contributed by atoms with Crippen LogP contribution in [-0.2, 0) is 16.0 Å². The minimum atomic E-state index is -1.43. The lowest BCUT2D eigenvalue weighted by Crippen LogP contribution is -2.50. The minimum Gasteiger partial charge on any atom is -0.480 e. The molecule has 0 heterocycles. The molecule has 0 aliphatic carbocycles. The summed E-state index contributed by atoms with van der Waals surface area (Å²) in [5, 5.41) is 21.3. The fourth-order valence-electron chi connectivity index (χ4n) is 1.73. The van der Waals surface area contributed by atoms with Crippen LogP contribution in [0.25, 0.3) is 0 Å². The average Bonchev–Trinajstić information content (AvgIpc) is 2.34. The van der Waals surface area contributed by atoms with E-state index in [1.165, 1.54) is 0 Å². The molecule has 0 fully saturated rings. The number of amides is 1. The van der Waals surface area contributed by atoms with E-state index in [2.05, 4.69) is 5.32 Å². The fourth-order valence-corrected chi connectivity index (χ4v) is 1.73. The summed E-state index contributed by atoms with van der Waals surface area (Å²) in [5.74, 6) is -1.32. The molecule has 1 aromatic carbocycles. The maximum Gasteiger partial charge on any atom is 0.408 e. The zero-order chi connectivity index (χ0) is 16.0. The van der Waals surface area contributed by atoms with Crippen molar-refractivity contribution in [1.82, 2.24) is 5.32 Å². The van der Waals surface area contributed by atoms with E-state index in [1.807, 2.05) is 6.07 Å². The molecule has 1 amide bonds. The highest BCUT2D eigenvalue weighted by Crippen LogP contribution is 2.09. The molecular weight excluding hydrogens is 274 g/mol. The first-order valence-electron chi connectivity index (χ1n) is 6.63. The molecule has 116 valence electrons. The van der Waals surface area contributed by atoms with Crippen LogP contribution in [-0.4, -0.2) is 40.0 Å². The number of carbonyl (C=O) groups is 2. The summed E-state index contributed by atoms with van der Waals surface area (Å²) in [5.41, 5.74) is 0.0413. The van der Waals surface area contributed by atoms with Crippen LogP contribution in [0.5, 0.6) is 0 Å². The van der Waals surface area contributed by atoms with Crippen molar-refractivity contribution in [3.8, 4) is 0 Å². The molecule has 1 aromatic rings. The van der Waals surface area contributed by atoms with Gasteiger partial charge < -0.3 is 20.3 Å². The maximum absolute atomic E-state index is 11.6. The highest BCUT2D eigenvalue weighted by Gasteiger charge is 2.30. The number of alkyl carbamates (subject to hydrolysis) is 1. The summed E-state index contributed by atoms with van der Waals surface area (Å²) in [6, 6.07) is 7.52. The Bertz CT molecular complexity index is 481. The lowest BCUT2D eigenvalue weighted by atomic mass is 10.0. The van der Waals surface area contributed by atoms with E-state index >= 15 is 0 Å². The summed E-state index contributed by atoms with van der Waals surface area (Å²) in [4.78, 5) is 22.8. The zero-order valence-electron chi connectivity index (χ0n) is 12.4. The van der Waals surface area contributed by atoms with Crippen molar-refractivity contribution in [2.75, 3.05) is 0 Å². The van der Waals surface area contributed by atoms with Crippen LogP contribution in [0.1, 0.15) is 26.3 Å². The van der Waals surface area contributed by atoms with Gasteiger partial charge in [0.05, 0.1) is 6.10 Å². The van der Waals surface area contributed by atoms with Gasteiger partial charge in [-0.15, -0.1) is 0 Å². The topological polar surface area (TPSA) is 95.9 Å². The van der Waals surface area contributed by atoms with Gasteiger partial charge in [0.2, 0.25) is 0 Å². The molecule has 6 nitrogen and oxygen atoms in total. The summed E-state index contributed by atoms with van der Waals surface area (Å²) < 4.78 is 4.99. The van der Waals surface area contributed by atoms with E-state index in [0.29, 0.717) is 0 Å². The molecule has 6 heteroatoms. The number of aliphatic hydroxyl groups is 1. The number of carboxylic acids is 1. The molecule has 3 N–H and O–H groups in total. The third-order valence-corrected chi connectivity index (χ3v) is 2.61. The minimum absolute atomic E-state index is 0.119. The van der Waals surface area contributed by atoms with Crippen LogP contribution in [0.3, 0.4) is 0 Å². The number of carbonyl (C=O) groups excluding carboxylic acids is 1. The Morgan fingerprint density at radius 1 is 1.24 bits per heavy atom. The number of aliphatic carboxylic acids is 1. The Labute approximate surface area is 123 Å². The third-order valence-electron chi connectivity index (χ3n) is 2.61. The summed E-state index contributed by atoms with van der Waals surface area (Å²) in [6.07, 6.45) is -2.01. The Kier molecular flexibility index (Phi) is 5.72. The number of hydrogen-bond donors (Lipinski definition) is 3. The van der Waals surface area contributed by atoms with Crippen LogP contribution in [0, 0.1) is 0 Å². The molecule has 0 saturated heterocycles.